The molecule has 0 saturated carbocycles. The number of hydrazine groups is 1. The molecule has 2 nitrogen and oxygen atoms in total. The summed E-state index contributed by atoms with van der Waals surface area (Å²) in [4.78, 5) is 0. The summed E-state index contributed by atoms with van der Waals surface area (Å²) in [6.07, 6.45) is 2.45. The van der Waals surface area contributed by atoms with Crippen LogP contribution in [0.25, 0.3) is 0 Å². The molecule has 0 radical (unpaired) electrons. The lowest BCUT2D eigenvalue weighted by atomic mass is 9.90. The summed E-state index contributed by atoms with van der Waals surface area (Å²) in [5.41, 5.74) is 5.57. The minimum Gasteiger partial charge on any atom is -0.241 e. The zero-order valence-electron chi connectivity index (χ0n) is 16.8. The molecular weight excluding hydrogens is 340 g/mol. The Morgan fingerprint density at radius 2 is 1.25 bits per heavy atom. The van der Waals surface area contributed by atoms with Crippen molar-refractivity contribution in [3.8, 4) is 0 Å². The van der Waals surface area contributed by atoms with E-state index < -0.39 is 0 Å². The smallest absolute Gasteiger partial charge is 0.0387 e. The number of nitrogens with zero attached hydrogens (tertiary/aromatic N) is 2. The molecule has 0 bridgehead atoms. The minimum absolute atomic E-state index is 0.690. The molecule has 1 heterocycles. The van der Waals surface area contributed by atoms with Crippen molar-refractivity contribution in [2.45, 2.75) is 38.8 Å². The maximum Gasteiger partial charge on any atom is 0.0387 e. The molecule has 3 aromatic rings. The normalized spacial score (nSPS) is 15.8. The number of rotatable bonds is 6. The third-order valence-electron chi connectivity index (χ3n) is 5.84. The molecule has 0 N–H and O–H groups in total. The van der Waals surface area contributed by atoms with Crippen LogP contribution in [0.5, 0.6) is 0 Å². The van der Waals surface area contributed by atoms with Gasteiger partial charge in [-0.05, 0) is 42.4 Å². The number of aryl methyl sites for hydroxylation is 1. The maximum absolute atomic E-state index is 2.58. The van der Waals surface area contributed by atoms with E-state index in [-0.39, 0.29) is 0 Å². The van der Waals surface area contributed by atoms with Gasteiger partial charge in [0, 0.05) is 26.2 Å². The van der Waals surface area contributed by atoms with Crippen LogP contribution in [0.15, 0.2) is 84.9 Å². The predicted molar refractivity (Wildman–Crippen MR) is 117 cm³/mol. The van der Waals surface area contributed by atoms with Crippen molar-refractivity contribution in [2.24, 2.45) is 0 Å². The molecule has 0 aromatic heterocycles. The Morgan fingerprint density at radius 1 is 0.714 bits per heavy atom. The average Bonchev–Trinajstić information content (AvgIpc) is 2.76. The molecule has 0 atom stereocenters. The Balaban J connectivity index is 1.46. The molecule has 28 heavy (non-hydrogen) atoms. The summed E-state index contributed by atoms with van der Waals surface area (Å²) >= 11 is 0. The van der Waals surface area contributed by atoms with E-state index in [1.807, 2.05) is 0 Å². The fourth-order valence-corrected chi connectivity index (χ4v) is 4.16. The van der Waals surface area contributed by atoms with Gasteiger partial charge in [-0.15, -0.1) is 0 Å². The average molecular weight is 371 g/mol. The molecule has 4 rings (SSSR count). The first-order valence-corrected chi connectivity index (χ1v) is 10.4. The second-order valence-corrected chi connectivity index (χ2v) is 7.93. The van der Waals surface area contributed by atoms with Crippen molar-refractivity contribution in [1.29, 1.82) is 0 Å². The van der Waals surface area contributed by atoms with Gasteiger partial charge in [-0.1, -0.05) is 90.5 Å². The zero-order valence-corrected chi connectivity index (χ0v) is 16.8. The second-order valence-electron chi connectivity index (χ2n) is 7.93. The molecule has 1 fully saturated rings. The van der Waals surface area contributed by atoms with Crippen LogP contribution in [-0.2, 0) is 13.1 Å². The van der Waals surface area contributed by atoms with Gasteiger partial charge in [0.25, 0.3) is 0 Å². The van der Waals surface area contributed by atoms with Crippen molar-refractivity contribution in [1.82, 2.24) is 10.0 Å². The van der Waals surface area contributed by atoms with Crippen molar-refractivity contribution >= 4 is 0 Å². The molecule has 2 heteroatoms. The number of hydrogen-bond donors (Lipinski definition) is 0. The molecule has 0 unspecified atom stereocenters. The number of benzene rings is 3. The summed E-state index contributed by atoms with van der Waals surface area (Å²) in [6, 6.07) is 30.8. The van der Waals surface area contributed by atoms with Gasteiger partial charge in [-0.3, -0.25) is 0 Å². The van der Waals surface area contributed by atoms with E-state index >= 15 is 0 Å². The molecule has 1 aliphatic heterocycles. The molecule has 0 aliphatic carbocycles. The molecular formula is C26H30N2. The fourth-order valence-electron chi connectivity index (χ4n) is 4.16. The first-order chi connectivity index (χ1) is 13.8. The van der Waals surface area contributed by atoms with Crippen LogP contribution < -0.4 is 0 Å². The molecule has 0 spiro atoms. The third kappa shape index (κ3) is 4.89. The highest BCUT2D eigenvalue weighted by molar-refractivity contribution is 5.22. The summed E-state index contributed by atoms with van der Waals surface area (Å²) in [5, 5.41) is 5.12. The van der Waals surface area contributed by atoms with Crippen LogP contribution in [0.4, 0.5) is 0 Å². The summed E-state index contributed by atoms with van der Waals surface area (Å²) in [5.74, 6) is 0.690. The van der Waals surface area contributed by atoms with Crippen LogP contribution in [0, 0.1) is 6.92 Å². The highest BCUT2D eigenvalue weighted by Crippen LogP contribution is 2.29. The fraction of sp³-hybridized carbons (Fsp3) is 0.308. The van der Waals surface area contributed by atoms with Crippen molar-refractivity contribution < 1.29 is 0 Å². The summed E-state index contributed by atoms with van der Waals surface area (Å²) in [7, 11) is 0. The third-order valence-corrected chi connectivity index (χ3v) is 5.84. The van der Waals surface area contributed by atoms with Crippen LogP contribution in [-0.4, -0.2) is 23.1 Å². The van der Waals surface area contributed by atoms with Gasteiger partial charge in [-0.2, -0.15) is 0 Å². The highest BCUT2D eigenvalue weighted by Gasteiger charge is 2.24. The lowest BCUT2D eigenvalue weighted by molar-refractivity contribution is -0.0579. The van der Waals surface area contributed by atoms with Crippen LogP contribution in [0.3, 0.4) is 0 Å². The zero-order chi connectivity index (χ0) is 19.2. The second kappa shape index (κ2) is 9.18. The van der Waals surface area contributed by atoms with Gasteiger partial charge in [-0.25, -0.2) is 10.0 Å². The highest BCUT2D eigenvalue weighted by atomic mass is 15.6. The van der Waals surface area contributed by atoms with E-state index in [1.54, 1.807) is 0 Å². The van der Waals surface area contributed by atoms with Crippen LogP contribution in [0.2, 0.25) is 0 Å². The Morgan fingerprint density at radius 3 is 1.86 bits per heavy atom. The monoisotopic (exact) mass is 370 g/mol. The Bertz CT molecular complexity index is 835. The van der Waals surface area contributed by atoms with Crippen molar-refractivity contribution in [3.05, 3.63) is 107 Å². The molecule has 144 valence electrons. The number of piperidine rings is 1. The summed E-state index contributed by atoms with van der Waals surface area (Å²) in [6.45, 7) is 6.33. The lowest BCUT2D eigenvalue weighted by Crippen LogP contribution is -2.45. The summed E-state index contributed by atoms with van der Waals surface area (Å²) < 4.78 is 0. The van der Waals surface area contributed by atoms with E-state index in [2.05, 4.69) is 102 Å². The Labute approximate surface area is 169 Å². The van der Waals surface area contributed by atoms with Gasteiger partial charge in [0.15, 0.2) is 0 Å². The minimum atomic E-state index is 0.690. The van der Waals surface area contributed by atoms with E-state index in [4.69, 9.17) is 0 Å². The molecule has 1 aliphatic rings. The van der Waals surface area contributed by atoms with Gasteiger partial charge < -0.3 is 0 Å². The topological polar surface area (TPSA) is 6.48 Å². The van der Waals surface area contributed by atoms with Crippen molar-refractivity contribution in [3.63, 3.8) is 0 Å². The van der Waals surface area contributed by atoms with Gasteiger partial charge in [0.1, 0.15) is 0 Å². The standard InChI is InChI=1S/C26H30N2/c1-22-12-14-24(15-13-22)21-28(20-23-8-4-2-5-9-23)27-18-16-26(17-19-27)25-10-6-3-7-11-25/h2-15,26H,16-21H2,1H3. The first-order valence-electron chi connectivity index (χ1n) is 10.4. The van der Waals surface area contributed by atoms with Gasteiger partial charge in [0.2, 0.25) is 0 Å². The first kappa shape index (κ1) is 18.9. The quantitative estimate of drug-likeness (QED) is 0.542. The van der Waals surface area contributed by atoms with Crippen molar-refractivity contribution in [2.75, 3.05) is 13.1 Å². The largest absolute Gasteiger partial charge is 0.241 e. The Hall–Kier alpha value is -2.42. The van der Waals surface area contributed by atoms with Gasteiger partial charge >= 0.3 is 0 Å². The van der Waals surface area contributed by atoms with Crippen LogP contribution >= 0.6 is 0 Å². The molecule has 1 saturated heterocycles. The van der Waals surface area contributed by atoms with E-state index in [0.29, 0.717) is 5.92 Å². The maximum atomic E-state index is 2.58. The lowest BCUT2D eigenvalue weighted by Gasteiger charge is -2.40. The SMILES string of the molecule is Cc1ccc(CN(Cc2ccccc2)N2CCC(c3ccccc3)CC2)cc1. The van der Waals surface area contributed by atoms with E-state index in [9.17, 15) is 0 Å². The predicted octanol–water partition coefficient (Wildman–Crippen LogP) is 5.79. The Kier molecular flexibility index (Phi) is 6.20. The van der Waals surface area contributed by atoms with Crippen LogP contribution in [0.1, 0.15) is 41.0 Å². The number of hydrogen-bond acceptors (Lipinski definition) is 2. The molecule has 0 amide bonds. The van der Waals surface area contributed by atoms with E-state index in [1.165, 1.54) is 35.1 Å². The molecule has 3 aromatic carbocycles. The van der Waals surface area contributed by atoms with E-state index in [0.717, 1.165) is 26.2 Å². The van der Waals surface area contributed by atoms with Gasteiger partial charge in [0.05, 0.1) is 0 Å².